The predicted molar refractivity (Wildman–Crippen MR) is 82.2 cm³/mol. The molecule has 21 heavy (non-hydrogen) atoms. The fourth-order valence-electron chi connectivity index (χ4n) is 3.35. The summed E-state index contributed by atoms with van der Waals surface area (Å²) in [4.78, 5) is 20.0. The maximum absolute atomic E-state index is 12.4. The Balaban J connectivity index is 1.48. The number of piperazine rings is 1. The van der Waals surface area contributed by atoms with Gasteiger partial charge in [0.05, 0.1) is 38.3 Å². The minimum Gasteiger partial charge on any atom is -0.332 e. The Morgan fingerprint density at radius 3 is 2.86 bits per heavy atom. The lowest BCUT2D eigenvalue weighted by Gasteiger charge is -2.34. The number of aromatic nitrogens is 1. The zero-order valence-electron chi connectivity index (χ0n) is 12.5. The molecule has 2 heterocycles. The van der Waals surface area contributed by atoms with E-state index in [4.69, 9.17) is 0 Å². The molecule has 1 aliphatic heterocycles. The highest BCUT2D eigenvalue weighted by Crippen LogP contribution is 2.16. The standard InChI is InChI=1S/C17H23N3O/c21-17(16-7-4-8-18-13-16)20-11-9-19(10-12-20)14-15-5-2-1-3-6-15/h1-2,4,7-8,13,15H,3,5-6,9-12,14H2/p+1/t15-/m1/s1. The van der Waals surface area contributed by atoms with Crippen LogP contribution >= 0.6 is 0 Å². The molecule has 1 aliphatic carbocycles. The number of rotatable bonds is 3. The molecule has 0 aromatic carbocycles. The average Bonchev–Trinajstić information content (AvgIpc) is 2.57. The van der Waals surface area contributed by atoms with E-state index in [1.54, 1.807) is 17.3 Å². The van der Waals surface area contributed by atoms with Crippen molar-refractivity contribution in [1.29, 1.82) is 0 Å². The molecule has 1 atom stereocenters. The Labute approximate surface area is 126 Å². The van der Waals surface area contributed by atoms with Gasteiger partial charge in [-0.15, -0.1) is 0 Å². The number of hydrogen-bond acceptors (Lipinski definition) is 2. The molecule has 1 aromatic rings. The fraction of sp³-hybridized carbons (Fsp3) is 0.529. The lowest BCUT2D eigenvalue weighted by atomic mass is 9.94. The van der Waals surface area contributed by atoms with Gasteiger partial charge in [0, 0.05) is 18.3 Å². The van der Waals surface area contributed by atoms with E-state index < -0.39 is 0 Å². The van der Waals surface area contributed by atoms with Gasteiger partial charge in [0.1, 0.15) is 0 Å². The highest BCUT2D eigenvalue weighted by Gasteiger charge is 2.26. The van der Waals surface area contributed by atoms with Crippen LogP contribution < -0.4 is 4.90 Å². The summed E-state index contributed by atoms with van der Waals surface area (Å²) in [6, 6.07) is 3.67. The number of amides is 1. The van der Waals surface area contributed by atoms with Gasteiger partial charge in [-0.25, -0.2) is 0 Å². The summed E-state index contributed by atoms with van der Waals surface area (Å²) in [5, 5.41) is 0. The monoisotopic (exact) mass is 286 g/mol. The molecule has 1 aromatic heterocycles. The van der Waals surface area contributed by atoms with E-state index in [1.807, 2.05) is 17.0 Å². The van der Waals surface area contributed by atoms with Crippen molar-refractivity contribution in [3.8, 4) is 0 Å². The minimum atomic E-state index is 0.128. The normalized spacial score (nSPS) is 23.2. The zero-order valence-corrected chi connectivity index (χ0v) is 12.5. The first-order valence-electron chi connectivity index (χ1n) is 8.01. The maximum Gasteiger partial charge on any atom is 0.255 e. The topological polar surface area (TPSA) is 37.6 Å². The quantitative estimate of drug-likeness (QED) is 0.834. The summed E-state index contributed by atoms with van der Waals surface area (Å²) in [7, 11) is 0. The molecule has 1 amide bonds. The van der Waals surface area contributed by atoms with E-state index in [0.29, 0.717) is 5.56 Å². The van der Waals surface area contributed by atoms with Gasteiger partial charge < -0.3 is 9.80 Å². The number of carbonyl (C=O) groups excluding carboxylic acids is 1. The number of nitrogens with zero attached hydrogens (tertiary/aromatic N) is 2. The molecule has 0 saturated carbocycles. The van der Waals surface area contributed by atoms with E-state index in [9.17, 15) is 4.79 Å². The van der Waals surface area contributed by atoms with Crippen molar-refractivity contribution in [2.75, 3.05) is 32.7 Å². The molecule has 0 spiro atoms. The molecule has 3 rings (SSSR count). The van der Waals surface area contributed by atoms with Crippen LogP contribution in [0.4, 0.5) is 0 Å². The van der Waals surface area contributed by atoms with Crippen molar-refractivity contribution in [2.24, 2.45) is 5.92 Å². The lowest BCUT2D eigenvalue weighted by molar-refractivity contribution is -0.907. The van der Waals surface area contributed by atoms with Gasteiger partial charge in [0.2, 0.25) is 0 Å². The summed E-state index contributed by atoms with van der Waals surface area (Å²) in [5.41, 5.74) is 0.707. The Morgan fingerprint density at radius 2 is 2.19 bits per heavy atom. The Bertz CT molecular complexity index is 492. The van der Waals surface area contributed by atoms with Crippen LogP contribution in [0.2, 0.25) is 0 Å². The minimum absolute atomic E-state index is 0.128. The number of quaternary nitrogens is 1. The summed E-state index contributed by atoms with van der Waals surface area (Å²) >= 11 is 0. The zero-order chi connectivity index (χ0) is 14.5. The highest BCUT2D eigenvalue weighted by atomic mass is 16.2. The summed E-state index contributed by atoms with van der Waals surface area (Å²) < 4.78 is 0. The van der Waals surface area contributed by atoms with Crippen LogP contribution in [0.3, 0.4) is 0 Å². The second-order valence-corrected chi connectivity index (χ2v) is 6.14. The Kier molecular flexibility index (Phi) is 4.65. The van der Waals surface area contributed by atoms with Crippen molar-refractivity contribution in [1.82, 2.24) is 9.88 Å². The first kappa shape index (κ1) is 14.3. The predicted octanol–water partition coefficient (Wildman–Crippen LogP) is 0.779. The number of pyridine rings is 1. The van der Waals surface area contributed by atoms with Crippen LogP contribution in [-0.4, -0.2) is 48.5 Å². The first-order valence-corrected chi connectivity index (χ1v) is 8.01. The Morgan fingerprint density at radius 1 is 1.33 bits per heavy atom. The Hall–Kier alpha value is -1.68. The van der Waals surface area contributed by atoms with E-state index in [0.717, 1.165) is 32.1 Å². The van der Waals surface area contributed by atoms with Crippen molar-refractivity contribution in [3.63, 3.8) is 0 Å². The van der Waals surface area contributed by atoms with Crippen LogP contribution in [0.1, 0.15) is 29.6 Å². The smallest absolute Gasteiger partial charge is 0.255 e. The van der Waals surface area contributed by atoms with E-state index in [2.05, 4.69) is 17.1 Å². The van der Waals surface area contributed by atoms with Crippen molar-refractivity contribution in [2.45, 2.75) is 19.3 Å². The third-order valence-electron chi connectivity index (χ3n) is 4.62. The highest BCUT2D eigenvalue weighted by molar-refractivity contribution is 5.93. The third kappa shape index (κ3) is 3.70. The largest absolute Gasteiger partial charge is 0.332 e. The summed E-state index contributed by atoms with van der Waals surface area (Å²) in [6.07, 6.45) is 11.8. The van der Waals surface area contributed by atoms with Crippen LogP contribution in [-0.2, 0) is 0 Å². The molecule has 0 unspecified atom stereocenters. The SMILES string of the molecule is O=C(c1cccnc1)N1CC[NH+](C[C@@H]2CC=CCC2)CC1. The number of nitrogens with one attached hydrogen (secondary N) is 1. The number of hydrogen-bond donors (Lipinski definition) is 1. The van der Waals surface area contributed by atoms with Crippen molar-refractivity contribution in [3.05, 3.63) is 42.2 Å². The van der Waals surface area contributed by atoms with Crippen LogP contribution in [0.25, 0.3) is 0 Å². The molecule has 1 fully saturated rings. The molecule has 1 saturated heterocycles. The summed E-state index contributed by atoms with van der Waals surface area (Å²) in [5.74, 6) is 0.966. The molecule has 2 aliphatic rings. The van der Waals surface area contributed by atoms with Gasteiger partial charge >= 0.3 is 0 Å². The molecule has 112 valence electrons. The molecular formula is C17H24N3O+. The van der Waals surface area contributed by atoms with E-state index in [-0.39, 0.29) is 5.91 Å². The van der Waals surface area contributed by atoms with Gasteiger partial charge in [-0.3, -0.25) is 9.78 Å². The average molecular weight is 286 g/mol. The van der Waals surface area contributed by atoms with Crippen LogP contribution in [0, 0.1) is 5.92 Å². The van der Waals surface area contributed by atoms with E-state index >= 15 is 0 Å². The number of carbonyl (C=O) groups is 1. The van der Waals surface area contributed by atoms with Gasteiger partial charge in [-0.2, -0.15) is 0 Å². The van der Waals surface area contributed by atoms with Gasteiger partial charge in [0.15, 0.2) is 0 Å². The van der Waals surface area contributed by atoms with Gasteiger partial charge in [-0.1, -0.05) is 12.2 Å². The van der Waals surface area contributed by atoms with Gasteiger partial charge in [-0.05, 0) is 31.4 Å². The molecule has 4 heteroatoms. The molecule has 4 nitrogen and oxygen atoms in total. The lowest BCUT2D eigenvalue weighted by Crippen LogP contribution is -3.15. The second kappa shape index (κ2) is 6.85. The molecule has 1 N–H and O–H groups in total. The summed E-state index contributed by atoms with van der Waals surface area (Å²) in [6.45, 7) is 5.15. The maximum atomic E-state index is 12.4. The van der Waals surface area contributed by atoms with Crippen LogP contribution in [0.15, 0.2) is 36.7 Å². The van der Waals surface area contributed by atoms with Gasteiger partial charge in [0.25, 0.3) is 5.91 Å². The fourth-order valence-corrected chi connectivity index (χ4v) is 3.35. The second-order valence-electron chi connectivity index (χ2n) is 6.14. The molecule has 0 radical (unpaired) electrons. The van der Waals surface area contributed by atoms with E-state index in [1.165, 1.54) is 25.8 Å². The van der Waals surface area contributed by atoms with Crippen LogP contribution in [0.5, 0.6) is 0 Å². The third-order valence-corrected chi connectivity index (χ3v) is 4.62. The first-order chi connectivity index (χ1) is 10.3. The molecule has 0 bridgehead atoms. The molecular weight excluding hydrogens is 262 g/mol. The number of allylic oxidation sites excluding steroid dienone is 2. The van der Waals surface area contributed by atoms with Crippen molar-refractivity contribution < 1.29 is 9.69 Å². The van der Waals surface area contributed by atoms with Crippen molar-refractivity contribution >= 4 is 5.91 Å².